The van der Waals surface area contributed by atoms with Crippen LogP contribution in [0.4, 0.5) is 0 Å². The van der Waals surface area contributed by atoms with Gasteiger partial charge in [0.05, 0.1) is 0 Å². The molecule has 1 rings (SSSR count). The quantitative estimate of drug-likeness (QED) is 0.759. The van der Waals surface area contributed by atoms with E-state index in [-0.39, 0.29) is 0 Å². The molecule has 0 saturated carbocycles. The third-order valence-electron chi connectivity index (χ3n) is 2.80. The van der Waals surface area contributed by atoms with Gasteiger partial charge in [-0.1, -0.05) is 36.8 Å². The molecule has 0 aromatic heterocycles. The average Bonchev–Trinajstić information content (AvgIpc) is 2.21. The summed E-state index contributed by atoms with van der Waals surface area (Å²) >= 11 is 0. The molecule has 0 aliphatic heterocycles. The smallest absolute Gasteiger partial charge is 0.00771 e. The molecular formula is C13H21N. The van der Waals surface area contributed by atoms with Crippen molar-refractivity contribution >= 4 is 0 Å². The van der Waals surface area contributed by atoms with E-state index in [4.69, 9.17) is 5.73 Å². The number of rotatable bonds is 5. The van der Waals surface area contributed by atoms with E-state index in [0.29, 0.717) is 5.92 Å². The minimum atomic E-state index is 0.694. The fourth-order valence-electron chi connectivity index (χ4n) is 1.81. The van der Waals surface area contributed by atoms with Crippen LogP contribution in [0.1, 0.15) is 43.2 Å². The zero-order chi connectivity index (χ0) is 10.4. The molecule has 0 fully saturated rings. The standard InChI is InChI=1S/C13H21N/c1-3-12(5-4-10-14)13-8-6-11(2)7-9-13/h6-9,12H,3-5,10,14H2,1-2H3. The Morgan fingerprint density at radius 3 is 2.36 bits per heavy atom. The Morgan fingerprint density at radius 2 is 1.86 bits per heavy atom. The molecule has 0 radical (unpaired) electrons. The van der Waals surface area contributed by atoms with Gasteiger partial charge in [-0.15, -0.1) is 0 Å². The second-order valence-electron chi connectivity index (χ2n) is 3.95. The Bertz CT molecular complexity index is 250. The lowest BCUT2D eigenvalue weighted by atomic mass is 9.91. The Kier molecular flexibility index (Phi) is 4.68. The molecule has 1 nitrogen and oxygen atoms in total. The van der Waals surface area contributed by atoms with E-state index in [1.165, 1.54) is 24.0 Å². The highest BCUT2D eigenvalue weighted by molar-refractivity contribution is 5.24. The van der Waals surface area contributed by atoms with E-state index in [0.717, 1.165) is 13.0 Å². The van der Waals surface area contributed by atoms with Crippen LogP contribution >= 0.6 is 0 Å². The monoisotopic (exact) mass is 191 g/mol. The second kappa shape index (κ2) is 5.82. The third kappa shape index (κ3) is 3.15. The van der Waals surface area contributed by atoms with Crippen molar-refractivity contribution in [3.63, 3.8) is 0 Å². The molecule has 1 unspecified atom stereocenters. The van der Waals surface area contributed by atoms with Gasteiger partial charge in [-0.25, -0.2) is 0 Å². The molecule has 0 bridgehead atoms. The number of hydrogen-bond donors (Lipinski definition) is 1. The molecule has 1 atom stereocenters. The summed E-state index contributed by atoms with van der Waals surface area (Å²) in [5.74, 6) is 0.694. The van der Waals surface area contributed by atoms with Gasteiger partial charge < -0.3 is 5.73 Å². The van der Waals surface area contributed by atoms with Crippen molar-refractivity contribution in [3.8, 4) is 0 Å². The van der Waals surface area contributed by atoms with Crippen molar-refractivity contribution in [2.45, 2.75) is 39.0 Å². The fourth-order valence-corrected chi connectivity index (χ4v) is 1.81. The van der Waals surface area contributed by atoms with E-state index in [1.54, 1.807) is 0 Å². The summed E-state index contributed by atoms with van der Waals surface area (Å²) in [7, 11) is 0. The van der Waals surface area contributed by atoms with Gasteiger partial charge in [-0.3, -0.25) is 0 Å². The first kappa shape index (κ1) is 11.3. The molecule has 0 saturated heterocycles. The van der Waals surface area contributed by atoms with Crippen molar-refractivity contribution in [1.82, 2.24) is 0 Å². The summed E-state index contributed by atoms with van der Waals surface area (Å²) in [6.45, 7) is 5.19. The largest absolute Gasteiger partial charge is 0.330 e. The van der Waals surface area contributed by atoms with Gasteiger partial charge in [-0.2, -0.15) is 0 Å². The second-order valence-corrected chi connectivity index (χ2v) is 3.95. The summed E-state index contributed by atoms with van der Waals surface area (Å²) in [6, 6.07) is 8.89. The SMILES string of the molecule is CCC(CCCN)c1ccc(C)cc1. The summed E-state index contributed by atoms with van der Waals surface area (Å²) < 4.78 is 0. The van der Waals surface area contributed by atoms with Crippen molar-refractivity contribution in [1.29, 1.82) is 0 Å². The van der Waals surface area contributed by atoms with Gasteiger partial charge in [0, 0.05) is 0 Å². The van der Waals surface area contributed by atoms with E-state index in [2.05, 4.69) is 38.1 Å². The van der Waals surface area contributed by atoms with Crippen molar-refractivity contribution in [2.24, 2.45) is 5.73 Å². The highest BCUT2D eigenvalue weighted by Crippen LogP contribution is 2.24. The molecule has 2 N–H and O–H groups in total. The average molecular weight is 191 g/mol. The van der Waals surface area contributed by atoms with Crippen molar-refractivity contribution < 1.29 is 0 Å². The Morgan fingerprint density at radius 1 is 1.21 bits per heavy atom. The predicted octanol–water partition coefficient (Wildman–Crippen LogP) is 3.23. The molecule has 0 amide bonds. The molecule has 0 heterocycles. The van der Waals surface area contributed by atoms with Crippen molar-refractivity contribution in [2.75, 3.05) is 6.54 Å². The summed E-state index contributed by atoms with van der Waals surface area (Å²) in [4.78, 5) is 0. The fraction of sp³-hybridized carbons (Fsp3) is 0.538. The minimum Gasteiger partial charge on any atom is -0.330 e. The number of hydrogen-bond acceptors (Lipinski definition) is 1. The molecule has 78 valence electrons. The maximum Gasteiger partial charge on any atom is -0.00771 e. The van der Waals surface area contributed by atoms with Gasteiger partial charge in [0.25, 0.3) is 0 Å². The van der Waals surface area contributed by atoms with Crippen LogP contribution in [0.3, 0.4) is 0 Å². The van der Waals surface area contributed by atoms with Crippen LogP contribution in [-0.4, -0.2) is 6.54 Å². The molecule has 1 aromatic rings. The van der Waals surface area contributed by atoms with Crippen LogP contribution in [0.15, 0.2) is 24.3 Å². The summed E-state index contributed by atoms with van der Waals surface area (Å²) in [5.41, 5.74) is 8.33. The Labute approximate surface area is 87.3 Å². The molecule has 1 aromatic carbocycles. The lowest BCUT2D eigenvalue weighted by molar-refractivity contribution is 0.581. The van der Waals surface area contributed by atoms with Gasteiger partial charge in [0.1, 0.15) is 0 Å². The lowest BCUT2D eigenvalue weighted by Gasteiger charge is -2.14. The zero-order valence-corrected chi connectivity index (χ0v) is 9.29. The zero-order valence-electron chi connectivity index (χ0n) is 9.29. The first-order valence-corrected chi connectivity index (χ1v) is 5.54. The maximum atomic E-state index is 5.53. The topological polar surface area (TPSA) is 26.0 Å². The molecular weight excluding hydrogens is 170 g/mol. The van der Waals surface area contributed by atoms with Gasteiger partial charge in [0.2, 0.25) is 0 Å². The molecule has 0 aliphatic carbocycles. The van der Waals surface area contributed by atoms with Crippen LogP contribution < -0.4 is 5.73 Å². The van der Waals surface area contributed by atoms with Gasteiger partial charge in [-0.05, 0) is 44.2 Å². The van der Waals surface area contributed by atoms with Crippen LogP contribution in [0.25, 0.3) is 0 Å². The first-order valence-electron chi connectivity index (χ1n) is 5.54. The summed E-state index contributed by atoms with van der Waals surface area (Å²) in [6.07, 6.45) is 3.56. The lowest BCUT2D eigenvalue weighted by Crippen LogP contribution is -2.03. The van der Waals surface area contributed by atoms with Crippen LogP contribution in [0.5, 0.6) is 0 Å². The van der Waals surface area contributed by atoms with Gasteiger partial charge in [0.15, 0.2) is 0 Å². The minimum absolute atomic E-state index is 0.694. The number of nitrogens with two attached hydrogens (primary N) is 1. The first-order chi connectivity index (χ1) is 6.77. The Hall–Kier alpha value is -0.820. The van der Waals surface area contributed by atoms with E-state index in [9.17, 15) is 0 Å². The van der Waals surface area contributed by atoms with E-state index < -0.39 is 0 Å². The molecule has 0 spiro atoms. The van der Waals surface area contributed by atoms with E-state index in [1.807, 2.05) is 0 Å². The molecule has 1 heteroatoms. The summed E-state index contributed by atoms with van der Waals surface area (Å²) in [5, 5.41) is 0. The highest BCUT2D eigenvalue weighted by atomic mass is 14.5. The number of aryl methyl sites for hydroxylation is 1. The number of benzene rings is 1. The highest BCUT2D eigenvalue weighted by Gasteiger charge is 2.07. The van der Waals surface area contributed by atoms with Crippen LogP contribution in [-0.2, 0) is 0 Å². The predicted molar refractivity (Wildman–Crippen MR) is 62.5 cm³/mol. The molecule has 14 heavy (non-hydrogen) atoms. The van der Waals surface area contributed by atoms with Crippen LogP contribution in [0.2, 0.25) is 0 Å². The third-order valence-corrected chi connectivity index (χ3v) is 2.80. The van der Waals surface area contributed by atoms with Crippen LogP contribution in [0, 0.1) is 6.92 Å². The maximum absolute atomic E-state index is 5.53. The molecule has 0 aliphatic rings. The normalized spacial score (nSPS) is 12.8. The van der Waals surface area contributed by atoms with Crippen molar-refractivity contribution in [3.05, 3.63) is 35.4 Å². The van der Waals surface area contributed by atoms with E-state index >= 15 is 0 Å². The Balaban J connectivity index is 2.64. The van der Waals surface area contributed by atoms with Gasteiger partial charge >= 0.3 is 0 Å².